The molecule has 4 rings (SSSR count). The van der Waals surface area contributed by atoms with Gasteiger partial charge in [-0.1, -0.05) is 12.1 Å². The van der Waals surface area contributed by atoms with E-state index in [1.807, 2.05) is 25.2 Å². The summed E-state index contributed by atoms with van der Waals surface area (Å²) < 4.78 is 32.2. The highest BCUT2D eigenvalue weighted by molar-refractivity contribution is 5.93. The van der Waals surface area contributed by atoms with Crippen molar-refractivity contribution in [3.8, 4) is 22.8 Å². The average Bonchev–Trinajstić information content (AvgIpc) is 3.25. The number of halogens is 1. The van der Waals surface area contributed by atoms with Crippen LogP contribution in [0.25, 0.3) is 11.3 Å². The zero-order valence-electron chi connectivity index (χ0n) is 18.5. The summed E-state index contributed by atoms with van der Waals surface area (Å²) in [6.07, 6.45) is 1.71. The Bertz CT molecular complexity index is 1080. The van der Waals surface area contributed by atoms with Gasteiger partial charge in [0.25, 0.3) is 5.91 Å². The molecule has 1 aliphatic rings. The number of aromatic nitrogens is 2. The van der Waals surface area contributed by atoms with Gasteiger partial charge >= 0.3 is 0 Å². The summed E-state index contributed by atoms with van der Waals surface area (Å²) in [6.45, 7) is 4.33. The topological polar surface area (TPSA) is 77.9 Å². The van der Waals surface area contributed by atoms with Crippen LogP contribution < -0.4 is 14.8 Å². The van der Waals surface area contributed by atoms with Crippen LogP contribution in [-0.4, -0.2) is 66.6 Å². The van der Waals surface area contributed by atoms with Gasteiger partial charge in [-0.3, -0.25) is 14.4 Å². The highest BCUT2D eigenvalue weighted by Gasteiger charge is 2.15. The molecule has 1 N–H and O–H groups in total. The van der Waals surface area contributed by atoms with Gasteiger partial charge in [-0.2, -0.15) is 5.10 Å². The molecular formula is C24H27FN4O4. The van der Waals surface area contributed by atoms with E-state index in [1.54, 1.807) is 29.1 Å². The Hall–Kier alpha value is -3.43. The number of hydrogen-bond donors (Lipinski definition) is 1. The van der Waals surface area contributed by atoms with Gasteiger partial charge in [0, 0.05) is 44.1 Å². The van der Waals surface area contributed by atoms with Crippen molar-refractivity contribution in [1.29, 1.82) is 0 Å². The molecule has 0 aliphatic carbocycles. The number of nitrogens with zero attached hydrogens (tertiary/aromatic N) is 3. The second-order valence-electron chi connectivity index (χ2n) is 7.62. The lowest BCUT2D eigenvalue weighted by atomic mass is 10.1. The molecule has 0 atom stereocenters. The molecular weight excluding hydrogens is 427 g/mol. The molecule has 2 aromatic carbocycles. The van der Waals surface area contributed by atoms with Crippen LogP contribution in [0.3, 0.4) is 0 Å². The number of ether oxygens (including phenoxy) is 3. The molecule has 0 unspecified atom stereocenters. The fourth-order valence-corrected chi connectivity index (χ4v) is 3.58. The molecule has 33 heavy (non-hydrogen) atoms. The fraction of sp³-hybridized carbons (Fsp3) is 0.333. The minimum Gasteiger partial charge on any atom is -0.492 e. The maximum atomic E-state index is 13.7. The number of morpholine rings is 1. The van der Waals surface area contributed by atoms with Crippen molar-refractivity contribution in [3.05, 3.63) is 60.5 Å². The quantitative estimate of drug-likeness (QED) is 0.536. The second kappa shape index (κ2) is 10.9. The van der Waals surface area contributed by atoms with Gasteiger partial charge in [-0.05, 0) is 36.4 Å². The molecule has 1 amide bonds. The molecule has 0 radical (unpaired) electrons. The maximum absolute atomic E-state index is 13.7. The summed E-state index contributed by atoms with van der Waals surface area (Å²) in [7, 11) is 1.85. The van der Waals surface area contributed by atoms with Crippen molar-refractivity contribution in [2.75, 3.05) is 51.4 Å². The highest BCUT2D eigenvalue weighted by Crippen LogP contribution is 2.32. The average molecular weight is 455 g/mol. The molecule has 0 bridgehead atoms. The number of anilines is 1. The molecule has 1 aromatic heterocycles. The summed E-state index contributed by atoms with van der Waals surface area (Å²) in [4.78, 5) is 14.7. The number of nitrogens with one attached hydrogen (secondary N) is 1. The minimum atomic E-state index is -0.512. The third-order valence-corrected chi connectivity index (χ3v) is 5.32. The fourth-order valence-electron chi connectivity index (χ4n) is 3.58. The van der Waals surface area contributed by atoms with E-state index in [9.17, 15) is 9.18 Å². The number of para-hydroxylation sites is 1. The lowest BCUT2D eigenvalue weighted by molar-refractivity contribution is -0.118. The van der Waals surface area contributed by atoms with E-state index in [4.69, 9.17) is 14.2 Å². The van der Waals surface area contributed by atoms with E-state index in [-0.39, 0.29) is 12.4 Å². The number of amides is 1. The van der Waals surface area contributed by atoms with Crippen LogP contribution in [0, 0.1) is 5.82 Å². The molecule has 0 spiro atoms. The molecule has 2 heterocycles. The zero-order valence-corrected chi connectivity index (χ0v) is 18.5. The number of carbonyl (C=O) groups excluding carboxylic acids is 1. The van der Waals surface area contributed by atoms with Gasteiger partial charge in [-0.15, -0.1) is 0 Å². The first-order valence-electron chi connectivity index (χ1n) is 10.8. The van der Waals surface area contributed by atoms with Crippen LogP contribution in [0.2, 0.25) is 0 Å². The SMILES string of the molecule is Cn1nccc1-c1cc(NC(=O)COc2ccccc2F)ccc1OCCN1CCOCC1. The van der Waals surface area contributed by atoms with Gasteiger partial charge in [0.1, 0.15) is 12.4 Å². The molecule has 1 fully saturated rings. The molecule has 1 aliphatic heterocycles. The Balaban J connectivity index is 1.42. The lowest BCUT2D eigenvalue weighted by Gasteiger charge is -2.26. The summed E-state index contributed by atoms with van der Waals surface area (Å²) in [6, 6.07) is 13.3. The van der Waals surface area contributed by atoms with Crippen LogP contribution in [0.4, 0.5) is 10.1 Å². The summed E-state index contributed by atoms with van der Waals surface area (Å²) in [5.74, 6) is -0.169. The van der Waals surface area contributed by atoms with Crippen molar-refractivity contribution in [2.45, 2.75) is 0 Å². The Morgan fingerprint density at radius 2 is 1.94 bits per heavy atom. The van der Waals surface area contributed by atoms with E-state index in [2.05, 4.69) is 15.3 Å². The standard InChI is InChI=1S/C24H27FN4O4/c1-28-21(8-9-26-28)19-16-18(27-24(30)17-33-23-5-3-2-4-20(23)25)6-7-22(19)32-15-12-29-10-13-31-14-11-29/h2-9,16H,10-15,17H2,1H3,(H,27,30). The number of hydrogen-bond acceptors (Lipinski definition) is 6. The Morgan fingerprint density at radius 1 is 1.12 bits per heavy atom. The zero-order chi connectivity index (χ0) is 23.0. The summed E-state index contributed by atoms with van der Waals surface area (Å²) in [5, 5.41) is 7.04. The Kier molecular flexibility index (Phi) is 7.54. The largest absolute Gasteiger partial charge is 0.492 e. The first-order chi connectivity index (χ1) is 16.1. The van der Waals surface area contributed by atoms with E-state index < -0.39 is 11.7 Å². The van der Waals surface area contributed by atoms with Crippen LogP contribution >= 0.6 is 0 Å². The van der Waals surface area contributed by atoms with Gasteiger partial charge in [-0.25, -0.2) is 4.39 Å². The Morgan fingerprint density at radius 3 is 2.70 bits per heavy atom. The van der Waals surface area contributed by atoms with Crippen LogP contribution in [-0.2, 0) is 16.6 Å². The molecule has 9 heteroatoms. The molecule has 0 saturated carbocycles. The normalized spacial score (nSPS) is 14.1. The van der Waals surface area contributed by atoms with E-state index in [0.717, 1.165) is 44.1 Å². The van der Waals surface area contributed by atoms with Gasteiger partial charge in [0.15, 0.2) is 18.2 Å². The van der Waals surface area contributed by atoms with Gasteiger partial charge in [0.05, 0.1) is 18.9 Å². The first-order valence-corrected chi connectivity index (χ1v) is 10.8. The van der Waals surface area contributed by atoms with E-state index in [1.165, 1.54) is 12.1 Å². The van der Waals surface area contributed by atoms with Crippen molar-refractivity contribution in [3.63, 3.8) is 0 Å². The van der Waals surface area contributed by atoms with Gasteiger partial charge < -0.3 is 19.5 Å². The van der Waals surface area contributed by atoms with Crippen molar-refractivity contribution < 1.29 is 23.4 Å². The molecule has 3 aromatic rings. The van der Waals surface area contributed by atoms with Crippen LogP contribution in [0.5, 0.6) is 11.5 Å². The van der Waals surface area contributed by atoms with Crippen LogP contribution in [0.1, 0.15) is 0 Å². The van der Waals surface area contributed by atoms with Crippen molar-refractivity contribution in [2.24, 2.45) is 7.05 Å². The summed E-state index contributed by atoms with van der Waals surface area (Å²) >= 11 is 0. The third-order valence-electron chi connectivity index (χ3n) is 5.32. The van der Waals surface area contributed by atoms with E-state index in [0.29, 0.717) is 18.0 Å². The van der Waals surface area contributed by atoms with Crippen molar-refractivity contribution in [1.82, 2.24) is 14.7 Å². The second-order valence-corrected chi connectivity index (χ2v) is 7.62. The van der Waals surface area contributed by atoms with Gasteiger partial charge in [0.2, 0.25) is 0 Å². The number of carbonyl (C=O) groups is 1. The number of aryl methyl sites for hydroxylation is 1. The minimum absolute atomic E-state index is 0.0345. The number of benzene rings is 2. The monoisotopic (exact) mass is 454 g/mol. The smallest absolute Gasteiger partial charge is 0.262 e. The predicted molar refractivity (Wildman–Crippen MR) is 122 cm³/mol. The third kappa shape index (κ3) is 6.09. The lowest BCUT2D eigenvalue weighted by Crippen LogP contribution is -2.38. The number of rotatable bonds is 9. The molecule has 1 saturated heterocycles. The van der Waals surface area contributed by atoms with Crippen LogP contribution in [0.15, 0.2) is 54.7 Å². The highest BCUT2D eigenvalue weighted by atomic mass is 19.1. The summed E-state index contributed by atoms with van der Waals surface area (Å²) in [5.41, 5.74) is 2.24. The predicted octanol–water partition coefficient (Wildman–Crippen LogP) is 2.95. The Labute approximate surface area is 191 Å². The maximum Gasteiger partial charge on any atom is 0.262 e. The molecule has 174 valence electrons. The first kappa shape index (κ1) is 22.8. The van der Waals surface area contributed by atoms with E-state index >= 15 is 0 Å². The van der Waals surface area contributed by atoms with Crippen molar-refractivity contribution >= 4 is 11.6 Å². The molecule has 8 nitrogen and oxygen atoms in total.